The molecule has 22 heavy (non-hydrogen) atoms. The number of aromatic nitrogens is 2. The molecule has 1 aromatic heterocycles. The number of carbonyl (C=O) groups is 1. The zero-order valence-corrected chi connectivity index (χ0v) is 13.5. The summed E-state index contributed by atoms with van der Waals surface area (Å²) in [5.74, 6) is -0.155. The molecule has 2 aliphatic rings. The van der Waals surface area contributed by atoms with Gasteiger partial charge in [0, 0.05) is 39.4 Å². The number of methoxy groups -OCH3 is 1. The van der Waals surface area contributed by atoms with Gasteiger partial charge in [-0.05, 0) is 0 Å². The molecule has 0 aromatic carbocycles. The first-order valence-electron chi connectivity index (χ1n) is 7.17. The summed E-state index contributed by atoms with van der Waals surface area (Å²) in [4.78, 5) is 18.6. The Morgan fingerprint density at radius 2 is 2.18 bits per heavy atom. The molecule has 0 spiro atoms. The molecule has 2 aliphatic heterocycles. The van der Waals surface area contributed by atoms with Crippen molar-refractivity contribution in [3.8, 4) is 0 Å². The quantitative estimate of drug-likeness (QED) is 0.731. The van der Waals surface area contributed by atoms with E-state index in [4.69, 9.17) is 4.74 Å². The Balaban J connectivity index is 1.79. The highest BCUT2D eigenvalue weighted by Gasteiger charge is 2.43. The van der Waals surface area contributed by atoms with E-state index in [1.54, 1.807) is 17.4 Å². The van der Waals surface area contributed by atoms with Crippen LogP contribution in [0.25, 0.3) is 0 Å². The zero-order chi connectivity index (χ0) is 15.9. The lowest BCUT2D eigenvalue weighted by Crippen LogP contribution is -2.49. The van der Waals surface area contributed by atoms with Gasteiger partial charge < -0.3 is 14.2 Å². The Labute approximate surface area is 129 Å². The second-order valence-corrected chi connectivity index (χ2v) is 7.72. The van der Waals surface area contributed by atoms with Crippen molar-refractivity contribution in [2.45, 2.75) is 31.7 Å². The minimum atomic E-state index is -3.44. The molecule has 0 N–H and O–H groups in total. The summed E-state index contributed by atoms with van der Waals surface area (Å²) in [6.07, 6.45) is 4.78. The van der Waals surface area contributed by atoms with Gasteiger partial charge in [0.15, 0.2) is 0 Å². The number of ether oxygens (including phenoxy) is 1. The molecular weight excluding hydrogens is 308 g/mol. The summed E-state index contributed by atoms with van der Waals surface area (Å²) in [7, 11) is -1.90. The first-order valence-corrected chi connectivity index (χ1v) is 9.02. The third-order valence-corrected chi connectivity index (χ3v) is 5.59. The molecule has 3 heterocycles. The van der Waals surface area contributed by atoms with Gasteiger partial charge in [0.1, 0.15) is 6.04 Å². The summed E-state index contributed by atoms with van der Waals surface area (Å²) in [6, 6.07) is -0.672. The van der Waals surface area contributed by atoms with Crippen molar-refractivity contribution in [2.24, 2.45) is 0 Å². The van der Waals surface area contributed by atoms with Gasteiger partial charge in [-0.2, -0.15) is 4.31 Å². The van der Waals surface area contributed by atoms with Gasteiger partial charge in [-0.15, -0.1) is 0 Å². The molecule has 0 bridgehead atoms. The van der Waals surface area contributed by atoms with Crippen LogP contribution in [-0.2, 0) is 32.6 Å². The fraction of sp³-hybridized carbons (Fsp3) is 0.692. The Morgan fingerprint density at radius 3 is 2.86 bits per heavy atom. The number of imidazole rings is 1. The Kier molecular flexibility index (Phi) is 3.96. The van der Waals surface area contributed by atoms with Gasteiger partial charge in [0.25, 0.3) is 0 Å². The molecule has 2 atom stereocenters. The lowest BCUT2D eigenvalue weighted by atomic mass is 10.1. The van der Waals surface area contributed by atoms with E-state index in [9.17, 15) is 13.2 Å². The number of carbonyl (C=O) groups excluding carboxylic acids is 1. The van der Waals surface area contributed by atoms with Crippen LogP contribution in [0.15, 0.2) is 12.5 Å². The predicted octanol–water partition coefficient (Wildman–Crippen LogP) is -0.726. The van der Waals surface area contributed by atoms with E-state index < -0.39 is 16.1 Å². The smallest absolute Gasteiger partial charge is 0.241 e. The summed E-state index contributed by atoms with van der Waals surface area (Å²) in [5.41, 5.74) is 0.965. The van der Waals surface area contributed by atoms with E-state index in [-0.39, 0.29) is 18.6 Å². The summed E-state index contributed by atoms with van der Waals surface area (Å²) < 4.78 is 32.4. The third kappa shape index (κ3) is 2.75. The molecule has 8 nitrogen and oxygen atoms in total. The molecular formula is C13H20N4O4S. The van der Waals surface area contributed by atoms with Gasteiger partial charge in [-0.25, -0.2) is 13.4 Å². The van der Waals surface area contributed by atoms with E-state index in [2.05, 4.69) is 4.98 Å². The predicted molar refractivity (Wildman–Crippen MR) is 78.4 cm³/mol. The maximum atomic E-state index is 12.8. The highest BCUT2D eigenvalue weighted by molar-refractivity contribution is 7.88. The third-order valence-electron chi connectivity index (χ3n) is 4.34. The number of hydrogen-bond donors (Lipinski definition) is 0. The minimum absolute atomic E-state index is 0.155. The molecule has 1 aromatic rings. The Bertz CT molecular complexity index is 671. The highest BCUT2D eigenvalue weighted by Crippen LogP contribution is 2.25. The molecule has 1 saturated heterocycles. The topological polar surface area (TPSA) is 84.7 Å². The first-order chi connectivity index (χ1) is 10.4. The van der Waals surface area contributed by atoms with Gasteiger partial charge >= 0.3 is 0 Å². The van der Waals surface area contributed by atoms with Crippen molar-refractivity contribution >= 4 is 15.9 Å². The van der Waals surface area contributed by atoms with E-state index in [1.807, 2.05) is 4.57 Å². The lowest BCUT2D eigenvalue weighted by Gasteiger charge is -2.32. The summed E-state index contributed by atoms with van der Waals surface area (Å²) in [6.45, 7) is 1.94. The van der Waals surface area contributed by atoms with Gasteiger partial charge in [-0.3, -0.25) is 4.79 Å². The van der Waals surface area contributed by atoms with E-state index >= 15 is 0 Å². The number of amides is 1. The normalized spacial score (nSPS) is 26.2. The van der Waals surface area contributed by atoms with Gasteiger partial charge in [-0.1, -0.05) is 0 Å². The van der Waals surface area contributed by atoms with Crippen molar-refractivity contribution in [2.75, 3.05) is 26.5 Å². The molecule has 0 unspecified atom stereocenters. The molecule has 0 aliphatic carbocycles. The molecule has 3 rings (SSSR count). The van der Waals surface area contributed by atoms with Crippen LogP contribution in [0, 0.1) is 0 Å². The standard InChI is InChI=1S/C13H20N4O4S/c1-21-11-5-12(17(8-11)22(2,19)20)13(18)15-3-4-16-9-14-6-10(16)7-15/h6,9,11-12H,3-5,7-8H2,1-2H3/t11-,12+/m0/s1. The maximum Gasteiger partial charge on any atom is 0.241 e. The van der Waals surface area contributed by atoms with Crippen molar-refractivity contribution in [3.05, 3.63) is 18.2 Å². The van der Waals surface area contributed by atoms with Crippen LogP contribution < -0.4 is 0 Å². The van der Waals surface area contributed by atoms with Gasteiger partial charge in [0.05, 0.1) is 30.9 Å². The molecule has 1 amide bonds. The largest absolute Gasteiger partial charge is 0.380 e. The maximum absolute atomic E-state index is 12.8. The van der Waals surface area contributed by atoms with E-state index in [0.29, 0.717) is 26.1 Å². The molecule has 122 valence electrons. The van der Waals surface area contributed by atoms with Crippen molar-refractivity contribution in [3.63, 3.8) is 0 Å². The second-order valence-electron chi connectivity index (χ2n) is 5.78. The van der Waals surface area contributed by atoms with Crippen molar-refractivity contribution < 1.29 is 17.9 Å². The summed E-state index contributed by atoms with van der Waals surface area (Å²) >= 11 is 0. The molecule has 1 fully saturated rings. The van der Waals surface area contributed by atoms with Crippen LogP contribution in [-0.4, -0.2) is 71.7 Å². The summed E-state index contributed by atoms with van der Waals surface area (Å²) in [5, 5.41) is 0. The molecule has 0 saturated carbocycles. The highest BCUT2D eigenvalue weighted by atomic mass is 32.2. The monoisotopic (exact) mass is 328 g/mol. The van der Waals surface area contributed by atoms with Gasteiger partial charge in [0.2, 0.25) is 15.9 Å². The number of sulfonamides is 1. The first kappa shape index (κ1) is 15.4. The second kappa shape index (κ2) is 5.64. The van der Waals surface area contributed by atoms with Crippen LogP contribution in [0.1, 0.15) is 12.1 Å². The average Bonchev–Trinajstić information content (AvgIpc) is 3.11. The SMILES string of the molecule is CO[C@H]1C[C@H](C(=O)N2CCn3cncc3C2)N(S(C)(=O)=O)C1. The lowest BCUT2D eigenvalue weighted by molar-refractivity contribution is -0.136. The van der Waals surface area contributed by atoms with Crippen LogP contribution in [0.4, 0.5) is 0 Å². The minimum Gasteiger partial charge on any atom is -0.380 e. The average molecular weight is 328 g/mol. The molecule has 0 radical (unpaired) electrons. The van der Waals surface area contributed by atoms with Crippen LogP contribution in [0.3, 0.4) is 0 Å². The van der Waals surface area contributed by atoms with Crippen molar-refractivity contribution in [1.82, 2.24) is 18.8 Å². The Morgan fingerprint density at radius 1 is 1.41 bits per heavy atom. The Hall–Kier alpha value is -1.45. The van der Waals surface area contributed by atoms with E-state index in [0.717, 1.165) is 11.9 Å². The van der Waals surface area contributed by atoms with Crippen LogP contribution in [0.2, 0.25) is 0 Å². The fourth-order valence-corrected chi connectivity index (χ4v) is 4.19. The number of hydrogen-bond acceptors (Lipinski definition) is 5. The van der Waals surface area contributed by atoms with E-state index in [1.165, 1.54) is 11.4 Å². The van der Waals surface area contributed by atoms with Crippen LogP contribution >= 0.6 is 0 Å². The zero-order valence-electron chi connectivity index (χ0n) is 12.7. The van der Waals surface area contributed by atoms with Crippen LogP contribution in [0.5, 0.6) is 0 Å². The number of fused-ring (bicyclic) bond motifs is 1. The number of rotatable bonds is 3. The van der Waals surface area contributed by atoms with Crippen molar-refractivity contribution in [1.29, 1.82) is 0 Å². The number of nitrogens with zero attached hydrogens (tertiary/aromatic N) is 4. The molecule has 9 heteroatoms. The fourth-order valence-electron chi connectivity index (χ4n) is 3.11.